The highest BCUT2D eigenvalue weighted by atomic mass is 16.2. The fourth-order valence-corrected chi connectivity index (χ4v) is 0.688. The number of nitrogens with zero attached hydrogens (tertiary/aromatic N) is 1. The summed E-state index contributed by atoms with van der Waals surface area (Å²) in [6.07, 6.45) is 0.796. The number of imide groups is 1. The van der Waals surface area contributed by atoms with Gasteiger partial charge in [-0.3, -0.25) is 14.5 Å². The minimum absolute atomic E-state index is 0.0602. The first kappa shape index (κ1) is 9.14. The van der Waals surface area contributed by atoms with Gasteiger partial charge in [0.1, 0.15) is 0 Å². The molecule has 58 valence electrons. The zero-order valence-corrected chi connectivity index (χ0v) is 6.68. The van der Waals surface area contributed by atoms with Crippen molar-refractivity contribution in [1.82, 2.24) is 4.90 Å². The van der Waals surface area contributed by atoms with Gasteiger partial charge < -0.3 is 0 Å². The molecule has 1 saturated heterocycles. The van der Waals surface area contributed by atoms with Crippen LogP contribution in [-0.4, -0.2) is 23.8 Å². The number of hydrogen-bond donors (Lipinski definition) is 0. The molecule has 0 aromatic rings. The number of carbonyl (C=O) groups is 2. The second kappa shape index (κ2) is 4.04. The maximum Gasteiger partial charge on any atom is 0.229 e. The van der Waals surface area contributed by atoms with Gasteiger partial charge in [-0.15, -0.1) is 0 Å². The van der Waals surface area contributed by atoms with Crippen molar-refractivity contribution in [2.24, 2.45) is 0 Å². The molecule has 0 N–H and O–H groups in total. The molecular weight excluding hydrogens is 130 g/mol. The Morgan fingerprint density at radius 1 is 1.10 bits per heavy atom. The minimum atomic E-state index is -0.0602. The summed E-state index contributed by atoms with van der Waals surface area (Å²) in [7, 11) is 1.51. The molecule has 1 heterocycles. The first-order valence-electron chi connectivity index (χ1n) is 3.51. The zero-order valence-electron chi connectivity index (χ0n) is 6.68. The Bertz CT molecular complexity index is 127. The Hall–Kier alpha value is -0.860. The molecule has 0 aromatic heterocycles. The van der Waals surface area contributed by atoms with Crippen molar-refractivity contribution < 1.29 is 9.59 Å². The molecule has 1 aliphatic rings. The molecule has 1 fully saturated rings. The molecule has 0 aromatic carbocycles. The second-order valence-corrected chi connectivity index (χ2v) is 1.85. The molecule has 0 radical (unpaired) electrons. The third kappa shape index (κ3) is 1.83. The maximum atomic E-state index is 10.5. The Labute approximate surface area is 61.0 Å². The maximum absolute atomic E-state index is 10.5. The van der Waals surface area contributed by atoms with Gasteiger partial charge in [-0.1, -0.05) is 13.8 Å². The van der Waals surface area contributed by atoms with E-state index in [2.05, 4.69) is 0 Å². The Morgan fingerprint density at radius 2 is 1.40 bits per heavy atom. The van der Waals surface area contributed by atoms with Gasteiger partial charge in [0.05, 0.1) is 0 Å². The average Bonchev–Trinajstić information content (AvgIpc) is 2.25. The molecular formula is C7H13NO2. The molecule has 3 heteroatoms. The monoisotopic (exact) mass is 143 g/mol. The number of carbonyl (C=O) groups excluding carboxylic acids is 2. The second-order valence-electron chi connectivity index (χ2n) is 1.85. The number of likely N-dealkylation sites (tertiary alicyclic amines) is 1. The summed E-state index contributed by atoms with van der Waals surface area (Å²) in [5, 5.41) is 0. The van der Waals surface area contributed by atoms with E-state index in [-0.39, 0.29) is 11.8 Å². The van der Waals surface area contributed by atoms with Crippen LogP contribution in [-0.2, 0) is 9.59 Å². The van der Waals surface area contributed by atoms with Crippen molar-refractivity contribution in [3.63, 3.8) is 0 Å². The normalized spacial score (nSPS) is 16.9. The molecule has 0 unspecified atom stereocenters. The van der Waals surface area contributed by atoms with Gasteiger partial charge in [0.15, 0.2) is 0 Å². The number of rotatable bonds is 0. The lowest BCUT2D eigenvalue weighted by Crippen LogP contribution is -2.23. The molecule has 1 rings (SSSR count). The van der Waals surface area contributed by atoms with Crippen molar-refractivity contribution in [3.05, 3.63) is 0 Å². The smallest absolute Gasteiger partial charge is 0.229 e. The highest BCUT2D eigenvalue weighted by molar-refractivity contribution is 6.01. The standard InChI is InChI=1S/C5H7NO2.C2H6/c1-6-4(7)2-3-5(6)8;1-2/h2-3H2,1H3;1-2H3. The van der Waals surface area contributed by atoms with Gasteiger partial charge in [-0.2, -0.15) is 0 Å². The molecule has 1 aliphatic heterocycles. The van der Waals surface area contributed by atoms with Crippen LogP contribution in [0.2, 0.25) is 0 Å². The topological polar surface area (TPSA) is 37.4 Å². The molecule has 0 aliphatic carbocycles. The summed E-state index contributed by atoms with van der Waals surface area (Å²) in [5.41, 5.74) is 0. The van der Waals surface area contributed by atoms with Crippen LogP contribution >= 0.6 is 0 Å². The first-order chi connectivity index (χ1) is 4.72. The SMILES string of the molecule is CC.CN1C(=O)CCC1=O. The van der Waals surface area contributed by atoms with Gasteiger partial charge in [0.2, 0.25) is 11.8 Å². The van der Waals surface area contributed by atoms with E-state index in [0.717, 1.165) is 0 Å². The van der Waals surface area contributed by atoms with Crippen LogP contribution in [0.15, 0.2) is 0 Å². The molecule has 2 amide bonds. The van der Waals surface area contributed by atoms with Gasteiger partial charge in [-0.25, -0.2) is 0 Å². The van der Waals surface area contributed by atoms with E-state index < -0.39 is 0 Å². The van der Waals surface area contributed by atoms with Crippen LogP contribution in [0.4, 0.5) is 0 Å². The summed E-state index contributed by atoms with van der Waals surface area (Å²) >= 11 is 0. The predicted octanol–water partition coefficient (Wildman–Crippen LogP) is 0.791. The lowest BCUT2D eigenvalue weighted by molar-refractivity contribution is -0.136. The van der Waals surface area contributed by atoms with Crippen LogP contribution in [0.25, 0.3) is 0 Å². The fourth-order valence-electron chi connectivity index (χ4n) is 0.688. The third-order valence-electron chi connectivity index (χ3n) is 1.30. The summed E-state index contributed by atoms with van der Waals surface area (Å²) in [6.45, 7) is 4.00. The van der Waals surface area contributed by atoms with Crippen molar-refractivity contribution in [2.75, 3.05) is 7.05 Å². The fraction of sp³-hybridized carbons (Fsp3) is 0.714. The van der Waals surface area contributed by atoms with E-state index in [1.807, 2.05) is 13.8 Å². The van der Waals surface area contributed by atoms with Gasteiger partial charge in [0.25, 0.3) is 0 Å². The Balaban J connectivity index is 0.000000371. The van der Waals surface area contributed by atoms with Crippen molar-refractivity contribution in [3.8, 4) is 0 Å². The van der Waals surface area contributed by atoms with Gasteiger partial charge in [-0.05, 0) is 0 Å². The zero-order chi connectivity index (χ0) is 8.15. The summed E-state index contributed by atoms with van der Waals surface area (Å²) < 4.78 is 0. The van der Waals surface area contributed by atoms with Crippen molar-refractivity contribution in [1.29, 1.82) is 0 Å². The molecule has 0 atom stereocenters. The lowest BCUT2D eigenvalue weighted by Gasteiger charge is -2.01. The highest BCUT2D eigenvalue weighted by Gasteiger charge is 2.24. The molecule has 3 nitrogen and oxygen atoms in total. The molecule has 0 bridgehead atoms. The predicted molar refractivity (Wildman–Crippen MR) is 38.4 cm³/mol. The summed E-state index contributed by atoms with van der Waals surface area (Å²) in [5.74, 6) is -0.120. The van der Waals surface area contributed by atoms with Crippen LogP contribution < -0.4 is 0 Å². The van der Waals surface area contributed by atoms with Crippen LogP contribution in [0.3, 0.4) is 0 Å². The lowest BCUT2D eigenvalue weighted by atomic mass is 10.4. The van der Waals surface area contributed by atoms with Crippen molar-refractivity contribution >= 4 is 11.8 Å². The largest absolute Gasteiger partial charge is 0.286 e. The number of hydrogen-bond acceptors (Lipinski definition) is 2. The van der Waals surface area contributed by atoms with E-state index >= 15 is 0 Å². The Morgan fingerprint density at radius 3 is 1.50 bits per heavy atom. The Kier molecular flexibility index (Phi) is 3.69. The van der Waals surface area contributed by atoms with Crippen LogP contribution in [0.5, 0.6) is 0 Å². The minimum Gasteiger partial charge on any atom is -0.286 e. The van der Waals surface area contributed by atoms with Gasteiger partial charge in [0, 0.05) is 19.9 Å². The third-order valence-corrected chi connectivity index (χ3v) is 1.30. The van der Waals surface area contributed by atoms with Crippen molar-refractivity contribution in [2.45, 2.75) is 26.7 Å². The van der Waals surface area contributed by atoms with E-state index in [1.54, 1.807) is 0 Å². The van der Waals surface area contributed by atoms with Gasteiger partial charge >= 0.3 is 0 Å². The van der Waals surface area contributed by atoms with E-state index in [0.29, 0.717) is 12.8 Å². The van der Waals surface area contributed by atoms with Crippen LogP contribution in [0, 0.1) is 0 Å². The average molecular weight is 143 g/mol. The quantitative estimate of drug-likeness (QED) is 0.470. The summed E-state index contributed by atoms with van der Waals surface area (Å²) in [4.78, 5) is 22.1. The van der Waals surface area contributed by atoms with Crippen LogP contribution in [0.1, 0.15) is 26.7 Å². The van der Waals surface area contributed by atoms with E-state index in [1.165, 1.54) is 11.9 Å². The first-order valence-corrected chi connectivity index (χ1v) is 3.51. The summed E-state index contributed by atoms with van der Waals surface area (Å²) in [6, 6.07) is 0. The molecule has 10 heavy (non-hydrogen) atoms. The van der Waals surface area contributed by atoms with E-state index in [9.17, 15) is 9.59 Å². The number of amides is 2. The highest BCUT2D eigenvalue weighted by Crippen LogP contribution is 2.07. The molecule has 0 spiro atoms. The molecule has 0 saturated carbocycles. The van der Waals surface area contributed by atoms with E-state index in [4.69, 9.17) is 0 Å².